The van der Waals surface area contributed by atoms with Crippen LogP contribution in [0.25, 0.3) is 17.1 Å². The van der Waals surface area contributed by atoms with Gasteiger partial charge in [0.1, 0.15) is 17.1 Å². The number of rotatable bonds is 5. The number of pyridine rings is 1. The van der Waals surface area contributed by atoms with E-state index in [0.717, 1.165) is 16.0 Å². The number of nitrogens with zero attached hydrogens (tertiary/aromatic N) is 5. The fourth-order valence-electron chi connectivity index (χ4n) is 2.65. The van der Waals surface area contributed by atoms with E-state index in [9.17, 15) is 9.50 Å². The second kappa shape index (κ2) is 8.14. The first-order valence-corrected chi connectivity index (χ1v) is 10.2. The highest BCUT2D eigenvalue weighted by Crippen LogP contribution is 2.36. The molecule has 0 radical (unpaired) electrons. The average molecular weight is 442 g/mol. The van der Waals surface area contributed by atoms with E-state index in [0.29, 0.717) is 27.9 Å². The van der Waals surface area contributed by atoms with Gasteiger partial charge in [0.05, 0.1) is 11.1 Å². The number of halogens is 2. The topological polar surface area (TPSA) is 76.7 Å². The van der Waals surface area contributed by atoms with Crippen molar-refractivity contribution in [1.82, 2.24) is 24.7 Å². The van der Waals surface area contributed by atoms with Crippen LogP contribution in [0.4, 0.5) is 4.39 Å². The fraction of sp³-hybridized carbons (Fsp3) is 0.143. The Hall–Kier alpha value is -2.81. The summed E-state index contributed by atoms with van der Waals surface area (Å²) >= 11 is 7.49. The van der Waals surface area contributed by atoms with Crippen LogP contribution >= 0.6 is 23.4 Å². The van der Waals surface area contributed by atoms with Gasteiger partial charge in [-0.2, -0.15) is 5.10 Å². The number of hydrogen-bond acceptors (Lipinski definition) is 6. The molecule has 0 spiro atoms. The summed E-state index contributed by atoms with van der Waals surface area (Å²) in [5, 5.41) is 15.4. The van der Waals surface area contributed by atoms with Crippen molar-refractivity contribution in [2.24, 2.45) is 0 Å². The Morgan fingerprint density at radius 1 is 1.00 bits per heavy atom. The van der Waals surface area contributed by atoms with Crippen molar-refractivity contribution in [3.05, 3.63) is 77.8 Å². The largest absolute Gasteiger partial charge is 0.382 e. The van der Waals surface area contributed by atoms with Crippen LogP contribution in [0.3, 0.4) is 0 Å². The Kier molecular flexibility index (Phi) is 5.55. The van der Waals surface area contributed by atoms with Gasteiger partial charge in [-0.1, -0.05) is 23.4 Å². The highest BCUT2D eigenvalue weighted by molar-refractivity contribution is 7.99. The molecule has 3 heterocycles. The van der Waals surface area contributed by atoms with Gasteiger partial charge in [0.15, 0.2) is 11.6 Å². The zero-order chi connectivity index (χ0) is 21.3. The van der Waals surface area contributed by atoms with Gasteiger partial charge in [-0.25, -0.2) is 24.0 Å². The predicted octanol–water partition coefficient (Wildman–Crippen LogP) is 4.90. The maximum atomic E-state index is 13.3. The van der Waals surface area contributed by atoms with Crippen LogP contribution in [0.2, 0.25) is 5.02 Å². The van der Waals surface area contributed by atoms with Crippen LogP contribution in [-0.2, 0) is 5.60 Å². The van der Waals surface area contributed by atoms with E-state index in [1.165, 1.54) is 17.8 Å². The molecule has 0 amide bonds. The van der Waals surface area contributed by atoms with E-state index >= 15 is 0 Å². The smallest absolute Gasteiger partial charge is 0.159 e. The summed E-state index contributed by atoms with van der Waals surface area (Å²) < 4.78 is 14.8. The standard InChI is InChI=1S/C21H17ClFN5OS/c1-21(2,29)20-25-9-13(10-26-20)19-17(30-16-6-3-14(22)4-7-16)12-28(27-19)18-8-5-15(23)11-24-18/h3-12,29H,1-2H3. The first-order valence-electron chi connectivity index (χ1n) is 9.00. The van der Waals surface area contributed by atoms with E-state index in [2.05, 4.69) is 20.1 Å². The molecule has 0 fully saturated rings. The number of hydrogen-bond donors (Lipinski definition) is 1. The molecule has 3 aromatic heterocycles. The lowest BCUT2D eigenvalue weighted by molar-refractivity contribution is 0.0687. The van der Waals surface area contributed by atoms with E-state index in [-0.39, 0.29) is 0 Å². The molecule has 0 bridgehead atoms. The Morgan fingerprint density at radius 3 is 2.30 bits per heavy atom. The molecule has 9 heteroatoms. The summed E-state index contributed by atoms with van der Waals surface area (Å²) in [5.74, 6) is 0.380. The molecule has 0 saturated carbocycles. The van der Waals surface area contributed by atoms with Crippen molar-refractivity contribution in [3.63, 3.8) is 0 Å². The Bertz CT molecular complexity index is 1160. The molecule has 0 aliphatic carbocycles. The maximum absolute atomic E-state index is 13.3. The summed E-state index contributed by atoms with van der Waals surface area (Å²) in [7, 11) is 0. The van der Waals surface area contributed by atoms with Crippen molar-refractivity contribution >= 4 is 23.4 Å². The first-order chi connectivity index (χ1) is 14.3. The van der Waals surface area contributed by atoms with Gasteiger partial charge in [-0.05, 0) is 50.2 Å². The SMILES string of the molecule is CC(C)(O)c1ncc(-c2nn(-c3ccc(F)cn3)cc2Sc2ccc(Cl)cc2)cn1. The molecule has 30 heavy (non-hydrogen) atoms. The molecule has 0 aliphatic heterocycles. The van der Waals surface area contributed by atoms with Crippen LogP contribution in [0, 0.1) is 5.82 Å². The van der Waals surface area contributed by atoms with E-state index < -0.39 is 11.4 Å². The summed E-state index contributed by atoms with van der Waals surface area (Å²) in [4.78, 5) is 14.5. The van der Waals surface area contributed by atoms with Crippen molar-refractivity contribution < 1.29 is 9.50 Å². The zero-order valence-electron chi connectivity index (χ0n) is 16.1. The molecule has 1 aromatic carbocycles. The van der Waals surface area contributed by atoms with E-state index in [1.807, 2.05) is 30.5 Å². The second-order valence-corrected chi connectivity index (χ2v) is 8.58. The zero-order valence-corrected chi connectivity index (χ0v) is 17.7. The summed E-state index contributed by atoms with van der Waals surface area (Å²) in [5.41, 5.74) is 0.181. The fourth-order valence-corrected chi connectivity index (χ4v) is 3.71. The van der Waals surface area contributed by atoms with Crippen molar-refractivity contribution in [2.75, 3.05) is 0 Å². The summed E-state index contributed by atoms with van der Waals surface area (Å²) in [6.07, 6.45) is 6.21. The monoisotopic (exact) mass is 441 g/mol. The molecule has 0 unspecified atom stereocenters. The highest BCUT2D eigenvalue weighted by atomic mass is 35.5. The number of benzene rings is 1. The lowest BCUT2D eigenvalue weighted by Crippen LogP contribution is -2.19. The molecule has 152 valence electrons. The molecular weight excluding hydrogens is 425 g/mol. The first kappa shape index (κ1) is 20.5. The molecule has 0 aliphatic rings. The predicted molar refractivity (Wildman–Crippen MR) is 113 cm³/mol. The van der Waals surface area contributed by atoms with Crippen LogP contribution in [0.15, 0.2) is 71.0 Å². The molecule has 4 rings (SSSR count). The lowest BCUT2D eigenvalue weighted by atomic mass is 10.1. The van der Waals surface area contributed by atoms with Gasteiger partial charge >= 0.3 is 0 Å². The molecule has 0 atom stereocenters. The summed E-state index contributed by atoms with van der Waals surface area (Å²) in [6.45, 7) is 3.25. The van der Waals surface area contributed by atoms with Gasteiger partial charge in [-0.15, -0.1) is 0 Å². The minimum atomic E-state index is -1.14. The lowest BCUT2D eigenvalue weighted by Gasteiger charge is -2.14. The van der Waals surface area contributed by atoms with E-state index in [1.54, 1.807) is 37.0 Å². The second-order valence-electron chi connectivity index (χ2n) is 7.03. The number of aromatic nitrogens is 5. The highest BCUT2D eigenvalue weighted by Gasteiger charge is 2.21. The van der Waals surface area contributed by atoms with Crippen LogP contribution in [-0.4, -0.2) is 29.8 Å². The maximum Gasteiger partial charge on any atom is 0.159 e. The molecule has 1 N–H and O–H groups in total. The average Bonchev–Trinajstić information content (AvgIpc) is 3.13. The number of aliphatic hydroxyl groups is 1. The van der Waals surface area contributed by atoms with Gasteiger partial charge < -0.3 is 5.11 Å². The molecular formula is C21H17ClFN5OS. The van der Waals surface area contributed by atoms with E-state index in [4.69, 9.17) is 11.6 Å². The van der Waals surface area contributed by atoms with Crippen molar-refractivity contribution in [2.45, 2.75) is 29.2 Å². The van der Waals surface area contributed by atoms with Crippen LogP contribution in [0.1, 0.15) is 19.7 Å². The van der Waals surface area contributed by atoms with Gasteiger partial charge in [0.25, 0.3) is 0 Å². The minimum Gasteiger partial charge on any atom is -0.382 e. The molecule has 4 aromatic rings. The summed E-state index contributed by atoms with van der Waals surface area (Å²) in [6, 6.07) is 10.3. The normalized spacial score (nSPS) is 11.6. The Balaban J connectivity index is 1.76. The van der Waals surface area contributed by atoms with Gasteiger partial charge in [0, 0.05) is 34.1 Å². The van der Waals surface area contributed by atoms with Crippen LogP contribution in [0.5, 0.6) is 0 Å². The Morgan fingerprint density at radius 2 is 1.70 bits per heavy atom. The molecule has 6 nitrogen and oxygen atoms in total. The quantitative estimate of drug-likeness (QED) is 0.475. The van der Waals surface area contributed by atoms with Crippen LogP contribution < -0.4 is 0 Å². The van der Waals surface area contributed by atoms with Gasteiger partial charge in [0.2, 0.25) is 0 Å². The Labute approximate surface area is 181 Å². The van der Waals surface area contributed by atoms with Gasteiger partial charge in [-0.3, -0.25) is 0 Å². The minimum absolute atomic E-state index is 0.317. The third-order valence-corrected chi connectivity index (χ3v) is 5.42. The van der Waals surface area contributed by atoms with Crippen molar-refractivity contribution in [1.29, 1.82) is 0 Å². The third-order valence-electron chi connectivity index (χ3n) is 4.14. The van der Waals surface area contributed by atoms with Crippen molar-refractivity contribution in [3.8, 4) is 17.1 Å². The third kappa shape index (κ3) is 4.51. The molecule has 0 saturated heterocycles.